The van der Waals surface area contributed by atoms with Crippen LogP contribution in [0.15, 0.2) is 48.5 Å². The molecule has 4 rings (SSSR count). The highest BCUT2D eigenvalue weighted by Crippen LogP contribution is 2.48. The summed E-state index contributed by atoms with van der Waals surface area (Å²) in [4.78, 5) is 28.9. The zero-order valence-corrected chi connectivity index (χ0v) is 16.7. The average Bonchev–Trinajstić information content (AvgIpc) is 2.72. The first-order chi connectivity index (χ1) is 14.5. The maximum atomic E-state index is 13.5. The minimum Gasteiger partial charge on any atom is -0.394 e. The molecule has 0 saturated carbocycles. The van der Waals surface area contributed by atoms with Crippen LogP contribution in [0.25, 0.3) is 0 Å². The zero-order valence-electron chi connectivity index (χ0n) is 16.7. The fraction of sp³-hybridized carbons (Fsp3) is 0.364. The Balaban J connectivity index is 1.62. The number of halogens is 1. The summed E-state index contributed by atoms with van der Waals surface area (Å²) in [6, 6.07) is 12.0. The predicted molar refractivity (Wildman–Crippen MR) is 112 cm³/mol. The largest absolute Gasteiger partial charge is 0.394 e. The van der Waals surface area contributed by atoms with E-state index in [9.17, 15) is 19.1 Å². The smallest absolute Gasteiger partial charge is 0.326 e. The quantitative estimate of drug-likeness (QED) is 0.721. The van der Waals surface area contributed by atoms with Crippen molar-refractivity contribution in [3.05, 3.63) is 59.9 Å². The number of anilines is 2. The lowest BCUT2D eigenvalue weighted by molar-refractivity contribution is -0.00673. The molecule has 8 heteroatoms. The van der Waals surface area contributed by atoms with Crippen molar-refractivity contribution in [2.24, 2.45) is 0 Å². The van der Waals surface area contributed by atoms with Gasteiger partial charge in [0.05, 0.1) is 18.7 Å². The summed E-state index contributed by atoms with van der Waals surface area (Å²) in [6.07, 6.45) is 0.808. The first kappa shape index (κ1) is 20.2. The van der Waals surface area contributed by atoms with Crippen molar-refractivity contribution in [1.29, 1.82) is 0 Å². The highest BCUT2D eigenvalue weighted by atomic mass is 19.1. The molecule has 30 heavy (non-hydrogen) atoms. The minimum absolute atomic E-state index is 0.0446. The van der Waals surface area contributed by atoms with Crippen LogP contribution in [0.2, 0.25) is 0 Å². The fourth-order valence-electron chi connectivity index (χ4n) is 4.44. The molecule has 0 radical (unpaired) electrons. The lowest BCUT2D eigenvalue weighted by atomic mass is 9.72. The Morgan fingerprint density at radius 2 is 1.97 bits per heavy atom. The van der Waals surface area contributed by atoms with Gasteiger partial charge in [0.25, 0.3) is 0 Å². The Hall–Kier alpha value is -3.13. The lowest BCUT2D eigenvalue weighted by Crippen LogP contribution is -2.72. The van der Waals surface area contributed by atoms with Crippen molar-refractivity contribution >= 4 is 23.4 Å². The van der Waals surface area contributed by atoms with Crippen LogP contribution < -0.4 is 15.5 Å². The van der Waals surface area contributed by atoms with E-state index in [1.807, 2.05) is 31.2 Å². The van der Waals surface area contributed by atoms with Gasteiger partial charge in [-0.3, -0.25) is 4.90 Å². The monoisotopic (exact) mass is 412 g/mol. The van der Waals surface area contributed by atoms with E-state index in [1.54, 1.807) is 15.9 Å². The molecule has 4 amide bonds. The standard InChI is InChI=1S/C22H25FN4O3/c1-2-10-24-21(29)27-18-12-26(22(30)25-15-7-5-6-14(23)11-15)17-9-4-3-8-16(17)20(18)19(27)13-28/h3-9,11,18-20,28H,2,10,12-13H2,1H3,(H,24,29)(H,25,30)/t18-,19+,20+/m1/s1. The number of para-hydroxylation sites is 1. The third kappa shape index (κ3) is 3.47. The molecule has 1 saturated heterocycles. The van der Waals surface area contributed by atoms with E-state index in [4.69, 9.17) is 0 Å². The molecule has 0 bridgehead atoms. The van der Waals surface area contributed by atoms with E-state index in [1.165, 1.54) is 18.2 Å². The molecule has 2 aromatic rings. The normalized spacial score (nSPS) is 21.9. The molecule has 0 aliphatic carbocycles. The Morgan fingerprint density at radius 1 is 1.17 bits per heavy atom. The van der Waals surface area contributed by atoms with Crippen LogP contribution in [-0.2, 0) is 0 Å². The van der Waals surface area contributed by atoms with Gasteiger partial charge in [-0.25, -0.2) is 14.0 Å². The third-order valence-corrected chi connectivity index (χ3v) is 5.77. The van der Waals surface area contributed by atoms with Crippen LogP contribution in [0.4, 0.5) is 25.4 Å². The summed E-state index contributed by atoms with van der Waals surface area (Å²) >= 11 is 0. The van der Waals surface area contributed by atoms with Crippen LogP contribution in [0, 0.1) is 5.82 Å². The first-order valence-electron chi connectivity index (χ1n) is 10.1. The predicted octanol–water partition coefficient (Wildman–Crippen LogP) is 3.13. The van der Waals surface area contributed by atoms with Crippen molar-refractivity contribution in [2.75, 3.05) is 29.9 Å². The van der Waals surface area contributed by atoms with Crippen LogP contribution >= 0.6 is 0 Å². The van der Waals surface area contributed by atoms with Crippen molar-refractivity contribution < 1.29 is 19.1 Å². The summed E-state index contributed by atoms with van der Waals surface area (Å²) in [5.41, 5.74) is 2.01. The van der Waals surface area contributed by atoms with Crippen LogP contribution in [0.3, 0.4) is 0 Å². The number of nitrogens with one attached hydrogen (secondary N) is 2. The maximum Gasteiger partial charge on any atom is 0.326 e. The number of hydrogen-bond acceptors (Lipinski definition) is 3. The molecule has 1 fully saturated rings. The van der Waals surface area contributed by atoms with Crippen LogP contribution in [0.1, 0.15) is 24.8 Å². The molecular formula is C22H25FN4O3. The van der Waals surface area contributed by atoms with Crippen molar-refractivity contribution in [2.45, 2.75) is 31.3 Å². The number of aliphatic hydroxyl groups is 1. The van der Waals surface area contributed by atoms with Gasteiger partial charge in [0.15, 0.2) is 0 Å². The molecular weight excluding hydrogens is 387 g/mol. The molecule has 2 heterocycles. The van der Waals surface area contributed by atoms with Gasteiger partial charge in [0.1, 0.15) is 5.82 Å². The lowest BCUT2D eigenvalue weighted by Gasteiger charge is -2.58. The molecule has 2 aliphatic heterocycles. The van der Waals surface area contributed by atoms with Gasteiger partial charge in [-0.05, 0) is 36.2 Å². The molecule has 3 N–H and O–H groups in total. The Labute approximate surface area is 174 Å². The molecule has 158 valence electrons. The van der Waals surface area contributed by atoms with Gasteiger partial charge in [-0.15, -0.1) is 0 Å². The van der Waals surface area contributed by atoms with Crippen molar-refractivity contribution in [3.8, 4) is 0 Å². The van der Waals surface area contributed by atoms with Gasteiger partial charge >= 0.3 is 12.1 Å². The summed E-state index contributed by atoms with van der Waals surface area (Å²) < 4.78 is 13.5. The average molecular weight is 412 g/mol. The number of hydrogen-bond donors (Lipinski definition) is 3. The second-order valence-corrected chi connectivity index (χ2v) is 7.59. The van der Waals surface area contributed by atoms with Crippen LogP contribution in [-0.4, -0.2) is 53.8 Å². The first-order valence-corrected chi connectivity index (χ1v) is 10.1. The van der Waals surface area contributed by atoms with Gasteiger partial charge in [-0.2, -0.15) is 0 Å². The van der Waals surface area contributed by atoms with E-state index in [0.29, 0.717) is 18.8 Å². The number of benzene rings is 2. The Morgan fingerprint density at radius 3 is 2.70 bits per heavy atom. The number of likely N-dealkylation sites (tertiary alicyclic amines) is 1. The molecule has 0 unspecified atom stereocenters. The molecule has 7 nitrogen and oxygen atoms in total. The van der Waals surface area contributed by atoms with Crippen molar-refractivity contribution in [3.63, 3.8) is 0 Å². The molecule has 2 aliphatic rings. The minimum atomic E-state index is -0.435. The summed E-state index contributed by atoms with van der Waals surface area (Å²) in [7, 11) is 0. The van der Waals surface area contributed by atoms with Crippen LogP contribution in [0.5, 0.6) is 0 Å². The molecule has 3 atom stereocenters. The molecule has 0 spiro atoms. The fourth-order valence-corrected chi connectivity index (χ4v) is 4.44. The van der Waals surface area contributed by atoms with E-state index in [2.05, 4.69) is 10.6 Å². The zero-order chi connectivity index (χ0) is 21.3. The highest BCUT2D eigenvalue weighted by molar-refractivity contribution is 6.03. The van der Waals surface area contributed by atoms with Crippen molar-refractivity contribution in [1.82, 2.24) is 10.2 Å². The highest BCUT2D eigenvalue weighted by Gasteiger charge is 2.55. The van der Waals surface area contributed by atoms with Gasteiger partial charge in [0, 0.05) is 30.4 Å². The number of urea groups is 2. The van der Waals surface area contributed by atoms with Gasteiger partial charge in [-0.1, -0.05) is 31.2 Å². The van der Waals surface area contributed by atoms with E-state index in [-0.39, 0.29) is 30.6 Å². The molecule has 2 aromatic carbocycles. The second-order valence-electron chi connectivity index (χ2n) is 7.59. The number of rotatable bonds is 4. The Kier molecular flexibility index (Phi) is 5.59. The summed E-state index contributed by atoms with van der Waals surface area (Å²) in [5.74, 6) is -0.479. The topological polar surface area (TPSA) is 84.9 Å². The van der Waals surface area contributed by atoms with E-state index in [0.717, 1.165) is 17.7 Å². The van der Waals surface area contributed by atoms with Gasteiger partial charge < -0.3 is 20.6 Å². The van der Waals surface area contributed by atoms with E-state index >= 15 is 0 Å². The molecule has 0 aromatic heterocycles. The SMILES string of the molecule is CCCNC(=O)N1[C@@H]2CN(C(=O)Nc3cccc(F)c3)c3ccccc3[C@@H]2[C@@H]1CO. The van der Waals surface area contributed by atoms with Gasteiger partial charge in [0.2, 0.25) is 0 Å². The summed E-state index contributed by atoms with van der Waals surface area (Å²) in [5, 5.41) is 15.5. The number of carbonyl (C=O) groups excluding carboxylic acids is 2. The van der Waals surface area contributed by atoms with E-state index < -0.39 is 11.8 Å². The summed E-state index contributed by atoms with van der Waals surface area (Å²) in [6.45, 7) is 2.66. The number of amides is 4. The second kappa shape index (κ2) is 8.31. The number of nitrogens with zero attached hydrogens (tertiary/aromatic N) is 2. The third-order valence-electron chi connectivity index (χ3n) is 5.77. The maximum absolute atomic E-state index is 13.5. The number of fused-ring (bicyclic) bond motifs is 3. The number of carbonyl (C=O) groups is 2. The Bertz CT molecular complexity index is 953. The number of aliphatic hydroxyl groups excluding tert-OH is 1.